The summed E-state index contributed by atoms with van der Waals surface area (Å²) in [4.78, 5) is 11.3. The number of amides is 1. The van der Waals surface area contributed by atoms with Gasteiger partial charge < -0.3 is 11.1 Å². The van der Waals surface area contributed by atoms with Crippen molar-refractivity contribution in [2.45, 2.75) is 19.4 Å². The molecular formula is C10H12ClF3N2O. The van der Waals surface area contributed by atoms with Gasteiger partial charge in [-0.25, -0.2) is 13.2 Å². The van der Waals surface area contributed by atoms with Crippen molar-refractivity contribution in [1.29, 1.82) is 0 Å². The molecular weight excluding hydrogens is 257 g/mol. The summed E-state index contributed by atoms with van der Waals surface area (Å²) in [6.45, 7) is 1.69. The topological polar surface area (TPSA) is 55.1 Å². The Hall–Kier alpha value is -1.27. The van der Waals surface area contributed by atoms with E-state index >= 15 is 0 Å². The normalized spacial score (nSPS) is 11.6. The van der Waals surface area contributed by atoms with Crippen LogP contribution in [0, 0.1) is 17.5 Å². The lowest BCUT2D eigenvalue weighted by atomic mass is 10.2. The minimum atomic E-state index is -1.57. The maximum Gasteiger partial charge on any atom is 0.241 e. The molecule has 0 radical (unpaired) electrons. The number of nitrogens with one attached hydrogen (secondary N) is 1. The first-order valence-electron chi connectivity index (χ1n) is 4.66. The van der Waals surface area contributed by atoms with Gasteiger partial charge in [0.15, 0.2) is 17.5 Å². The first-order valence-corrected chi connectivity index (χ1v) is 4.66. The van der Waals surface area contributed by atoms with E-state index in [-0.39, 0.29) is 18.1 Å². The Morgan fingerprint density at radius 1 is 1.35 bits per heavy atom. The van der Waals surface area contributed by atoms with Crippen molar-refractivity contribution in [3.63, 3.8) is 0 Å². The van der Waals surface area contributed by atoms with Gasteiger partial charge in [-0.1, -0.05) is 6.92 Å². The van der Waals surface area contributed by atoms with E-state index in [0.29, 0.717) is 18.6 Å². The SMILES string of the molecule is CC[C@H](N)C(=O)Nc1cc(F)c(F)c(F)c1.Cl. The van der Waals surface area contributed by atoms with Crippen LogP contribution >= 0.6 is 12.4 Å². The smallest absolute Gasteiger partial charge is 0.241 e. The van der Waals surface area contributed by atoms with Crippen molar-refractivity contribution in [3.8, 4) is 0 Å². The quantitative estimate of drug-likeness (QED) is 0.826. The third-order valence-electron chi connectivity index (χ3n) is 2.03. The number of anilines is 1. The Balaban J connectivity index is 0.00000256. The van der Waals surface area contributed by atoms with Crippen molar-refractivity contribution in [2.24, 2.45) is 5.73 Å². The van der Waals surface area contributed by atoms with E-state index in [0.717, 1.165) is 0 Å². The Morgan fingerprint density at radius 3 is 2.24 bits per heavy atom. The number of halogens is 4. The molecule has 0 spiro atoms. The molecule has 0 fully saturated rings. The standard InChI is InChI=1S/C10H11F3N2O.ClH/c1-2-8(14)10(16)15-5-3-6(11)9(13)7(12)4-5;/h3-4,8H,2,14H2,1H3,(H,15,16);1H/t8-;/m0./s1. The predicted molar refractivity (Wildman–Crippen MR) is 60.5 cm³/mol. The third-order valence-corrected chi connectivity index (χ3v) is 2.03. The molecule has 7 heteroatoms. The van der Waals surface area contributed by atoms with Crippen molar-refractivity contribution in [2.75, 3.05) is 5.32 Å². The van der Waals surface area contributed by atoms with Crippen LogP contribution in [0.3, 0.4) is 0 Å². The van der Waals surface area contributed by atoms with E-state index in [1.165, 1.54) is 0 Å². The zero-order chi connectivity index (χ0) is 12.3. The number of hydrogen-bond donors (Lipinski definition) is 2. The Morgan fingerprint density at radius 2 is 1.82 bits per heavy atom. The molecule has 3 nitrogen and oxygen atoms in total. The second kappa shape index (κ2) is 6.46. The summed E-state index contributed by atoms with van der Waals surface area (Å²) in [5.74, 6) is -4.87. The first kappa shape index (κ1) is 15.7. The van der Waals surface area contributed by atoms with Gasteiger partial charge in [-0.2, -0.15) is 0 Å². The highest BCUT2D eigenvalue weighted by Gasteiger charge is 2.14. The fraction of sp³-hybridized carbons (Fsp3) is 0.300. The molecule has 0 aromatic heterocycles. The highest BCUT2D eigenvalue weighted by molar-refractivity contribution is 5.94. The van der Waals surface area contributed by atoms with Crippen LogP contribution in [0.1, 0.15) is 13.3 Å². The van der Waals surface area contributed by atoms with Gasteiger partial charge in [-0.3, -0.25) is 4.79 Å². The van der Waals surface area contributed by atoms with Crippen LogP contribution in [0.25, 0.3) is 0 Å². The molecule has 1 aromatic carbocycles. The van der Waals surface area contributed by atoms with Crippen molar-refractivity contribution in [1.82, 2.24) is 0 Å². The van der Waals surface area contributed by atoms with Gasteiger partial charge in [0.25, 0.3) is 0 Å². The van der Waals surface area contributed by atoms with Crippen molar-refractivity contribution >= 4 is 24.0 Å². The molecule has 96 valence electrons. The van der Waals surface area contributed by atoms with Crippen molar-refractivity contribution in [3.05, 3.63) is 29.6 Å². The number of benzene rings is 1. The predicted octanol–water partition coefficient (Wildman–Crippen LogP) is 2.20. The van der Waals surface area contributed by atoms with Gasteiger partial charge in [0.05, 0.1) is 6.04 Å². The summed E-state index contributed by atoms with van der Waals surface area (Å²) in [5, 5.41) is 2.19. The molecule has 3 N–H and O–H groups in total. The molecule has 0 heterocycles. The first-order chi connectivity index (χ1) is 7.45. The van der Waals surface area contributed by atoms with E-state index in [4.69, 9.17) is 5.73 Å². The fourth-order valence-electron chi connectivity index (χ4n) is 1.05. The third kappa shape index (κ3) is 3.90. The van der Waals surface area contributed by atoms with Gasteiger partial charge in [-0.15, -0.1) is 12.4 Å². The van der Waals surface area contributed by atoms with Crippen LogP contribution in [-0.4, -0.2) is 11.9 Å². The van der Waals surface area contributed by atoms with E-state index < -0.39 is 29.4 Å². The summed E-state index contributed by atoms with van der Waals surface area (Å²) in [5.41, 5.74) is 5.23. The molecule has 1 rings (SSSR count). The number of carbonyl (C=O) groups excluding carboxylic acids is 1. The van der Waals surface area contributed by atoms with E-state index in [1.54, 1.807) is 6.92 Å². The zero-order valence-corrected chi connectivity index (χ0v) is 9.78. The fourth-order valence-corrected chi connectivity index (χ4v) is 1.05. The van der Waals surface area contributed by atoms with Gasteiger partial charge in [0.1, 0.15) is 0 Å². The summed E-state index contributed by atoms with van der Waals surface area (Å²) in [6, 6.07) is 0.619. The lowest BCUT2D eigenvalue weighted by Crippen LogP contribution is -2.34. The molecule has 1 aromatic rings. The molecule has 0 saturated carbocycles. The number of rotatable bonds is 3. The van der Waals surface area contributed by atoms with Crippen LogP contribution in [0.2, 0.25) is 0 Å². The highest BCUT2D eigenvalue weighted by atomic mass is 35.5. The van der Waals surface area contributed by atoms with Crippen molar-refractivity contribution < 1.29 is 18.0 Å². The minimum Gasteiger partial charge on any atom is -0.325 e. The average molecular weight is 269 g/mol. The molecule has 0 bridgehead atoms. The Bertz CT molecular complexity index is 392. The van der Waals surface area contributed by atoms with Gasteiger partial charge in [0, 0.05) is 17.8 Å². The Kier molecular flexibility index (Phi) is 5.98. The lowest BCUT2D eigenvalue weighted by Gasteiger charge is -2.10. The van der Waals surface area contributed by atoms with E-state index in [1.807, 2.05) is 0 Å². The molecule has 1 atom stereocenters. The molecule has 0 unspecified atom stereocenters. The highest BCUT2D eigenvalue weighted by Crippen LogP contribution is 2.17. The second-order valence-corrected chi connectivity index (χ2v) is 3.26. The Labute approximate surface area is 103 Å². The maximum absolute atomic E-state index is 12.8. The van der Waals surface area contributed by atoms with Crippen LogP contribution in [0.5, 0.6) is 0 Å². The molecule has 17 heavy (non-hydrogen) atoms. The van der Waals surface area contributed by atoms with Crippen LogP contribution < -0.4 is 11.1 Å². The van der Waals surface area contributed by atoms with Gasteiger partial charge in [0.2, 0.25) is 5.91 Å². The summed E-state index contributed by atoms with van der Waals surface area (Å²) < 4.78 is 38.1. The molecule has 0 aliphatic carbocycles. The number of nitrogens with two attached hydrogens (primary N) is 1. The van der Waals surface area contributed by atoms with Crippen LogP contribution in [0.15, 0.2) is 12.1 Å². The van der Waals surface area contributed by atoms with Gasteiger partial charge >= 0.3 is 0 Å². The monoisotopic (exact) mass is 268 g/mol. The molecule has 0 saturated heterocycles. The van der Waals surface area contributed by atoms with E-state index in [9.17, 15) is 18.0 Å². The second-order valence-electron chi connectivity index (χ2n) is 3.26. The largest absolute Gasteiger partial charge is 0.325 e. The number of hydrogen-bond acceptors (Lipinski definition) is 2. The van der Waals surface area contributed by atoms with Crippen LogP contribution in [-0.2, 0) is 4.79 Å². The summed E-state index contributed by atoms with van der Waals surface area (Å²) in [6.07, 6.45) is 0.387. The average Bonchev–Trinajstić information content (AvgIpc) is 2.24. The molecule has 0 aliphatic rings. The molecule has 0 aliphatic heterocycles. The maximum atomic E-state index is 12.8. The van der Waals surface area contributed by atoms with E-state index in [2.05, 4.69) is 5.32 Å². The molecule has 1 amide bonds. The summed E-state index contributed by atoms with van der Waals surface area (Å²) in [7, 11) is 0. The zero-order valence-electron chi connectivity index (χ0n) is 8.97. The van der Waals surface area contributed by atoms with Crippen LogP contribution in [0.4, 0.5) is 18.9 Å². The van der Waals surface area contributed by atoms with Gasteiger partial charge in [-0.05, 0) is 6.42 Å². The minimum absolute atomic E-state index is 0. The summed E-state index contributed by atoms with van der Waals surface area (Å²) >= 11 is 0. The number of carbonyl (C=O) groups is 1. The lowest BCUT2D eigenvalue weighted by molar-refractivity contribution is -0.117.